The van der Waals surface area contributed by atoms with Gasteiger partial charge in [0.05, 0.1) is 5.41 Å². The molecule has 2 nitrogen and oxygen atoms in total. The number of hydrogen-bond acceptors (Lipinski definition) is 2. The molecule has 0 atom stereocenters. The Balaban J connectivity index is 1.06. The van der Waals surface area contributed by atoms with Crippen LogP contribution in [-0.2, 0) is 5.41 Å². The van der Waals surface area contributed by atoms with E-state index < -0.39 is 5.41 Å². The average Bonchev–Trinajstić information content (AvgIpc) is 3.91. The largest absolute Gasteiger partial charge is 0.455 e. The standard InChI is InChI=1S/C55H35NO/c1-3-15-39(16-4-1)56(40-17-5-2-6-18-40)41-30-27-36(28-31-41)38-33-47(54-48(34-38)46-22-10-14-26-53(46)57-54)37-29-32-45-44-21-9-13-25-51(44)55(52(45)35-37)49-23-11-7-19-42(49)43-20-8-12-24-50(43)55/h1-35H. The Morgan fingerprint density at radius 2 is 0.807 bits per heavy atom. The van der Waals surface area contributed by atoms with Crippen LogP contribution in [0.15, 0.2) is 217 Å². The smallest absolute Gasteiger partial charge is 0.143 e. The molecule has 0 amide bonds. The maximum atomic E-state index is 6.78. The molecule has 0 saturated carbocycles. The molecule has 2 heteroatoms. The van der Waals surface area contributed by atoms with Crippen LogP contribution in [0, 0.1) is 0 Å². The first-order valence-electron chi connectivity index (χ1n) is 19.7. The maximum Gasteiger partial charge on any atom is 0.143 e. The third-order valence-electron chi connectivity index (χ3n) is 12.3. The highest BCUT2D eigenvalue weighted by molar-refractivity contribution is 6.11. The molecule has 2 aliphatic rings. The van der Waals surface area contributed by atoms with Crippen molar-refractivity contribution in [1.82, 2.24) is 0 Å². The van der Waals surface area contributed by atoms with Crippen molar-refractivity contribution in [3.63, 3.8) is 0 Å². The lowest BCUT2D eigenvalue weighted by Gasteiger charge is -2.30. The predicted octanol–water partition coefficient (Wildman–Crippen LogP) is 14.7. The van der Waals surface area contributed by atoms with Gasteiger partial charge in [0, 0.05) is 33.4 Å². The summed E-state index contributed by atoms with van der Waals surface area (Å²) in [6.07, 6.45) is 0. The lowest BCUT2D eigenvalue weighted by atomic mass is 9.70. The molecule has 0 N–H and O–H groups in total. The van der Waals surface area contributed by atoms with Crippen LogP contribution in [0.25, 0.3) is 66.4 Å². The summed E-state index contributed by atoms with van der Waals surface area (Å²) in [5, 5.41) is 2.24. The summed E-state index contributed by atoms with van der Waals surface area (Å²) in [5.74, 6) is 0. The SMILES string of the molecule is c1ccc(N(c2ccccc2)c2ccc(-c3cc(-c4ccc5c(c4)C4(c6ccccc6-c6ccccc64)c4ccccc4-5)c4oc5ccccc5c4c3)cc2)cc1. The van der Waals surface area contributed by atoms with Crippen molar-refractivity contribution in [2.24, 2.45) is 0 Å². The van der Waals surface area contributed by atoms with E-state index >= 15 is 0 Å². The molecule has 0 radical (unpaired) electrons. The lowest BCUT2D eigenvalue weighted by Crippen LogP contribution is -2.25. The molecule has 0 bridgehead atoms. The summed E-state index contributed by atoms with van der Waals surface area (Å²) in [7, 11) is 0. The van der Waals surface area contributed by atoms with Gasteiger partial charge >= 0.3 is 0 Å². The zero-order valence-corrected chi connectivity index (χ0v) is 31.1. The molecule has 0 fully saturated rings. The average molecular weight is 726 g/mol. The van der Waals surface area contributed by atoms with Crippen LogP contribution >= 0.6 is 0 Å². The number of para-hydroxylation sites is 3. The van der Waals surface area contributed by atoms with E-state index in [1.54, 1.807) is 0 Å². The van der Waals surface area contributed by atoms with E-state index in [1.165, 1.54) is 44.5 Å². The van der Waals surface area contributed by atoms with Crippen molar-refractivity contribution < 1.29 is 4.42 Å². The van der Waals surface area contributed by atoms with E-state index in [4.69, 9.17) is 4.42 Å². The Morgan fingerprint density at radius 1 is 0.316 bits per heavy atom. The zero-order chi connectivity index (χ0) is 37.5. The van der Waals surface area contributed by atoms with Crippen molar-refractivity contribution >= 4 is 39.0 Å². The monoisotopic (exact) mass is 725 g/mol. The summed E-state index contributed by atoms with van der Waals surface area (Å²) in [5.41, 5.74) is 19.8. The van der Waals surface area contributed by atoms with Gasteiger partial charge in [-0.25, -0.2) is 0 Å². The number of benzene rings is 9. The van der Waals surface area contributed by atoms with Crippen LogP contribution in [0.3, 0.4) is 0 Å². The van der Waals surface area contributed by atoms with Crippen LogP contribution in [-0.4, -0.2) is 0 Å². The third-order valence-corrected chi connectivity index (χ3v) is 12.3. The predicted molar refractivity (Wildman–Crippen MR) is 236 cm³/mol. The number of nitrogens with zero attached hydrogens (tertiary/aromatic N) is 1. The first-order chi connectivity index (χ1) is 28.3. The fourth-order valence-corrected chi connectivity index (χ4v) is 9.87. The molecule has 266 valence electrons. The van der Waals surface area contributed by atoms with Gasteiger partial charge < -0.3 is 9.32 Å². The van der Waals surface area contributed by atoms with Gasteiger partial charge in [-0.3, -0.25) is 0 Å². The fourth-order valence-electron chi connectivity index (χ4n) is 9.87. The number of furan rings is 1. The number of rotatable bonds is 5. The highest BCUT2D eigenvalue weighted by atomic mass is 16.3. The van der Waals surface area contributed by atoms with E-state index in [0.29, 0.717) is 0 Å². The van der Waals surface area contributed by atoms with Gasteiger partial charge in [0.1, 0.15) is 11.2 Å². The van der Waals surface area contributed by atoms with E-state index in [-0.39, 0.29) is 0 Å². The van der Waals surface area contributed by atoms with Crippen LogP contribution in [0.1, 0.15) is 22.3 Å². The molecule has 57 heavy (non-hydrogen) atoms. The summed E-state index contributed by atoms with van der Waals surface area (Å²) < 4.78 is 6.78. The minimum Gasteiger partial charge on any atom is -0.455 e. The fraction of sp³-hybridized carbons (Fsp3) is 0.0182. The summed E-state index contributed by atoms with van der Waals surface area (Å²) in [6.45, 7) is 0. The number of hydrogen-bond donors (Lipinski definition) is 0. The van der Waals surface area contributed by atoms with Crippen LogP contribution < -0.4 is 4.90 Å². The zero-order valence-electron chi connectivity index (χ0n) is 31.1. The lowest BCUT2D eigenvalue weighted by molar-refractivity contribution is 0.670. The van der Waals surface area contributed by atoms with Gasteiger partial charge in [-0.15, -0.1) is 0 Å². The Hall–Kier alpha value is -7.42. The molecule has 2 aliphatic carbocycles. The first-order valence-corrected chi connectivity index (χ1v) is 19.7. The molecular formula is C55H35NO. The Kier molecular flexibility index (Phi) is 6.88. The molecule has 10 aromatic rings. The summed E-state index contributed by atoms with van der Waals surface area (Å²) in [4.78, 5) is 2.31. The summed E-state index contributed by atoms with van der Waals surface area (Å²) >= 11 is 0. The van der Waals surface area contributed by atoms with Crippen molar-refractivity contribution in [1.29, 1.82) is 0 Å². The van der Waals surface area contributed by atoms with Gasteiger partial charge in [-0.05, 0) is 122 Å². The van der Waals surface area contributed by atoms with E-state index in [0.717, 1.165) is 61.3 Å². The Morgan fingerprint density at radius 3 is 1.42 bits per heavy atom. The van der Waals surface area contributed by atoms with Crippen molar-refractivity contribution in [2.45, 2.75) is 5.41 Å². The molecule has 12 rings (SSSR count). The Bertz CT molecular complexity index is 3070. The topological polar surface area (TPSA) is 16.4 Å². The van der Waals surface area contributed by atoms with Gasteiger partial charge in [0.25, 0.3) is 0 Å². The van der Waals surface area contributed by atoms with E-state index in [9.17, 15) is 0 Å². The molecular weight excluding hydrogens is 691 g/mol. The first kappa shape index (κ1) is 31.9. The molecule has 9 aromatic carbocycles. The molecule has 1 aromatic heterocycles. The second-order valence-corrected chi connectivity index (χ2v) is 15.2. The van der Waals surface area contributed by atoms with Gasteiger partial charge in [0.2, 0.25) is 0 Å². The summed E-state index contributed by atoms with van der Waals surface area (Å²) in [6, 6.07) is 77.3. The minimum atomic E-state index is -0.418. The van der Waals surface area contributed by atoms with Gasteiger partial charge in [-0.2, -0.15) is 0 Å². The molecule has 0 aliphatic heterocycles. The van der Waals surface area contributed by atoms with Crippen LogP contribution in [0.2, 0.25) is 0 Å². The quantitative estimate of drug-likeness (QED) is 0.176. The van der Waals surface area contributed by atoms with E-state index in [2.05, 4.69) is 217 Å². The van der Waals surface area contributed by atoms with Gasteiger partial charge in [-0.1, -0.05) is 152 Å². The molecule has 0 unspecified atom stereocenters. The minimum absolute atomic E-state index is 0.418. The highest BCUT2D eigenvalue weighted by Crippen LogP contribution is 2.63. The van der Waals surface area contributed by atoms with Crippen LogP contribution in [0.5, 0.6) is 0 Å². The highest BCUT2D eigenvalue weighted by Gasteiger charge is 2.51. The number of anilines is 3. The normalized spacial score (nSPS) is 13.1. The number of fused-ring (bicyclic) bond motifs is 13. The molecule has 0 saturated heterocycles. The second kappa shape index (κ2) is 12.3. The van der Waals surface area contributed by atoms with Crippen molar-refractivity contribution in [3.8, 4) is 44.5 Å². The molecule has 1 heterocycles. The Labute approximate surface area is 331 Å². The van der Waals surface area contributed by atoms with E-state index in [1.807, 2.05) is 0 Å². The van der Waals surface area contributed by atoms with Crippen LogP contribution in [0.4, 0.5) is 17.1 Å². The molecule has 1 spiro atoms. The third kappa shape index (κ3) is 4.59. The maximum absolute atomic E-state index is 6.78. The van der Waals surface area contributed by atoms with Crippen molar-refractivity contribution in [3.05, 3.63) is 235 Å². The van der Waals surface area contributed by atoms with Crippen molar-refractivity contribution in [2.75, 3.05) is 4.90 Å². The van der Waals surface area contributed by atoms with Gasteiger partial charge in [0.15, 0.2) is 0 Å². The second-order valence-electron chi connectivity index (χ2n) is 15.2.